The van der Waals surface area contributed by atoms with Crippen LogP contribution in [0.2, 0.25) is 0 Å². The van der Waals surface area contributed by atoms with E-state index in [0.717, 1.165) is 31.3 Å². The van der Waals surface area contributed by atoms with E-state index < -0.39 is 17.7 Å². The van der Waals surface area contributed by atoms with Gasteiger partial charge in [-0.1, -0.05) is 6.07 Å². The third-order valence-corrected chi connectivity index (χ3v) is 6.70. The maximum Gasteiger partial charge on any atom is 0.229 e. The maximum atomic E-state index is 14.9. The first-order valence-corrected chi connectivity index (χ1v) is 12.0. The third kappa shape index (κ3) is 4.54. The fourth-order valence-electron chi connectivity index (χ4n) is 4.95. The molecule has 0 bridgehead atoms. The molecule has 10 heteroatoms. The van der Waals surface area contributed by atoms with Crippen LogP contribution in [-0.2, 0) is 0 Å². The number of likely N-dealkylation sites (tertiary alicyclic amines) is 1. The van der Waals surface area contributed by atoms with Gasteiger partial charge in [0.2, 0.25) is 5.95 Å². The van der Waals surface area contributed by atoms with Gasteiger partial charge >= 0.3 is 0 Å². The zero-order chi connectivity index (χ0) is 25.6. The van der Waals surface area contributed by atoms with E-state index in [0.29, 0.717) is 17.2 Å². The van der Waals surface area contributed by atoms with Crippen LogP contribution >= 0.6 is 0 Å². The molecule has 0 amide bonds. The number of aliphatic hydroxyl groups excluding tert-OH is 1. The lowest BCUT2D eigenvalue weighted by atomic mass is 9.96. The Morgan fingerprint density at radius 2 is 1.89 bits per heavy atom. The van der Waals surface area contributed by atoms with Crippen molar-refractivity contribution in [2.45, 2.75) is 39.3 Å². The van der Waals surface area contributed by atoms with E-state index >= 15 is 0 Å². The lowest BCUT2D eigenvalue weighted by molar-refractivity contribution is 0.112. The highest BCUT2D eigenvalue weighted by atomic mass is 19.1. The van der Waals surface area contributed by atoms with Crippen molar-refractivity contribution >= 4 is 22.8 Å². The number of hydrogen-bond acceptors (Lipinski definition) is 7. The summed E-state index contributed by atoms with van der Waals surface area (Å²) in [5.41, 5.74) is 1.82. The van der Waals surface area contributed by atoms with Crippen LogP contribution in [0, 0.1) is 24.5 Å². The van der Waals surface area contributed by atoms with Gasteiger partial charge in [-0.3, -0.25) is 0 Å². The molecule has 188 valence electrons. The molecule has 1 aliphatic heterocycles. The number of nitrogens with one attached hydrogen (secondary N) is 1. The predicted molar refractivity (Wildman–Crippen MR) is 134 cm³/mol. The number of nitrogens with zero attached hydrogens (tertiary/aromatic N) is 6. The standard InChI is InChI=1S/C26H29F2N7O/c1-14(2)35-15(3)31-24-19(27)9-18(10-21(24)35)23-20(28)12-30-26(33-23)32-22-6-5-16(11-29-22)25(36)17-7-8-34(4)13-17/h5-6,9-12,14,17,25,36H,7-8,13H2,1-4H3,(H,29,30,32,33)/t17-,25+/m1/s1. The Hall–Kier alpha value is -3.50. The van der Waals surface area contributed by atoms with Crippen LogP contribution in [0.1, 0.15) is 43.8 Å². The Balaban J connectivity index is 1.41. The zero-order valence-electron chi connectivity index (χ0n) is 20.7. The minimum atomic E-state index is -0.667. The number of anilines is 2. The summed E-state index contributed by atoms with van der Waals surface area (Å²) in [4.78, 5) is 19.2. The van der Waals surface area contributed by atoms with E-state index in [2.05, 4.69) is 30.2 Å². The summed E-state index contributed by atoms with van der Waals surface area (Å²) in [6.45, 7) is 7.59. The van der Waals surface area contributed by atoms with Crippen molar-refractivity contribution in [1.29, 1.82) is 0 Å². The average Bonchev–Trinajstić information content (AvgIpc) is 3.43. The Kier molecular flexibility index (Phi) is 6.40. The number of fused-ring (bicyclic) bond motifs is 1. The number of pyridine rings is 1. The second kappa shape index (κ2) is 9.51. The maximum absolute atomic E-state index is 14.9. The van der Waals surface area contributed by atoms with E-state index in [-0.39, 0.29) is 34.7 Å². The van der Waals surface area contributed by atoms with Crippen molar-refractivity contribution < 1.29 is 13.9 Å². The summed E-state index contributed by atoms with van der Waals surface area (Å²) in [6.07, 6.45) is 3.02. The molecule has 1 aromatic carbocycles. The fraction of sp³-hybridized carbons (Fsp3) is 0.385. The summed E-state index contributed by atoms with van der Waals surface area (Å²) in [7, 11) is 2.04. The highest BCUT2D eigenvalue weighted by Gasteiger charge is 2.27. The highest BCUT2D eigenvalue weighted by molar-refractivity contribution is 5.83. The number of benzene rings is 1. The molecule has 1 saturated heterocycles. The quantitative estimate of drug-likeness (QED) is 0.399. The van der Waals surface area contributed by atoms with Crippen molar-refractivity contribution in [2.75, 3.05) is 25.5 Å². The molecule has 1 fully saturated rings. The first kappa shape index (κ1) is 24.2. The Morgan fingerprint density at radius 1 is 1.08 bits per heavy atom. The van der Waals surface area contributed by atoms with Gasteiger partial charge in [-0.05, 0) is 64.5 Å². The van der Waals surface area contributed by atoms with Crippen LogP contribution in [-0.4, -0.2) is 54.6 Å². The van der Waals surface area contributed by atoms with Crippen LogP contribution in [0.5, 0.6) is 0 Å². The van der Waals surface area contributed by atoms with E-state index in [1.807, 2.05) is 38.5 Å². The summed E-state index contributed by atoms with van der Waals surface area (Å²) in [5, 5.41) is 13.6. The van der Waals surface area contributed by atoms with E-state index in [1.165, 1.54) is 6.07 Å². The van der Waals surface area contributed by atoms with Crippen LogP contribution < -0.4 is 5.32 Å². The summed E-state index contributed by atoms with van der Waals surface area (Å²) in [6, 6.07) is 6.52. The molecular formula is C26H29F2N7O. The number of aromatic nitrogens is 5. The van der Waals surface area contributed by atoms with Gasteiger partial charge in [-0.25, -0.2) is 28.7 Å². The molecule has 4 heterocycles. The molecule has 2 atom stereocenters. The number of aliphatic hydroxyl groups is 1. The minimum absolute atomic E-state index is 0.0279. The average molecular weight is 494 g/mol. The number of hydrogen-bond donors (Lipinski definition) is 2. The second-order valence-corrected chi connectivity index (χ2v) is 9.70. The molecule has 1 aliphatic rings. The molecule has 0 unspecified atom stereocenters. The van der Waals surface area contributed by atoms with Gasteiger partial charge in [0, 0.05) is 30.3 Å². The molecule has 0 radical (unpaired) electrons. The van der Waals surface area contributed by atoms with Crippen LogP contribution in [0.15, 0.2) is 36.7 Å². The highest BCUT2D eigenvalue weighted by Crippen LogP contribution is 2.31. The first-order chi connectivity index (χ1) is 17.2. The smallest absolute Gasteiger partial charge is 0.229 e. The topological polar surface area (TPSA) is 92.0 Å². The van der Waals surface area contributed by atoms with Gasteiger partial charge < -0.3 is 19.9 Å². The monoisotopic (exact) mass is 493 g/mol. The summed E-state index contributed by atoms with van der Waals surface area (Å²) < 4.78 is 31.6. The summed E-state index contributed by atoms with van der Waals surface area (Å²) in [5.74, 6) is 0.218. The molecule has 2 N–H and O–H groups in total. The van der Waals surface area contributed by atoms with Crippen molar-refractivity contribution in [1.82, 2.24) is 29.4 Å². The SMILES string of the molecule is Cc1nc2c(F)cc(-c3nc(Nc4ccc([C@H](O)[C@@H]5CCN(C)C5)cn4)ncc3F)cc2n1C(C)C. The molecule has 0 spiro atoms. The largest absolute Gasteiger partial charge is 0.388 e. The normalized spacial score (nSPS) is 17.3. The van der Waals surface area contributed by atoms with E-state index in [9.17, 15) is 13.9 Å². The van der Waals surface area contributed by atoms with Crippen molar-refractivity contribution in [3.63, 3.8) is 0 Å². The van der Waals surface area contributed by atoms with Crippen LogP contribution in [0.4, 0.5) is 20.5 Å². The zero-order valence-corrected chi connectivity index (χ0v) is 20.7. The molecule has 0 aliphatic carbocycles. The lowest BCUT2D eigenvalue weighted by Crippen LogP contribution is -2.18. The van der Waals surface area contributed by atoms with Crippen LogP contribution in [0.25, 0.3) is 22.3 Å². The Bertz CT molecular complexity index is 1400. The van der Waals surface area contributed by atoms with Gasteiger partial charge in [0.1, 0.15) is 22.9 Å². The number of rotatable bonds is 6. The molecule has 3 aromatic heterocycles. The fourth-order valence-corrected chi connectivity index (χ4v) is 4.95. The number of imidazole rings is 1. The number of halogens is 2. The number of aryl methyl sites for hydroxylation is 1. The van der Waals surface area contributed by atoms with E-state index in [1.54, 1.807) is 18.3 Å². The predicted octanol–water partition coefficient (Wildman–Crippen LogP) is 4.78. The molecule has 4 aromatic rings. The third-order valence-electron chi connectivity index (χ3n) is 6.70. The van der Waals surface area contributed by atoms with Gasteiger partial charge in [0.05, 0.1) is 17.8 Å². The van der Waals surface area contributed by atoms with Crippen molar-refractivity contribution in [2.24, 2.45) is 5.92 Å². The molecule has 0 saturated carbocycles. The van der Waals surface area contributed by atoms with Gasteiger partial charge in [-0.15, -0.1) is 0 Å². The van der Waals surface area contributed by atoms with Crippen LogP contribution in [0.3, 0.4) is 0 Å². The Morgan fingerprint density at radius 3 is 2.56 bits per heavy atom. The molecular weight excluding hydrogens is 464 g/mol. The minimum Gasteiger partial charge on any atom is -0.388 e. The summed E-state index contributed by atoms with van der Waals surface area (Å²) >= 11 is 0. The van der Waals surface area contributed by atoms with Gasteiger partial charge in [-0.2, -0.15) is 0 Å². The van der Waals surface area contributed by atoms with Gasteiger partial charge in [0.25, 0.3) is 0 Å². The first-order valence-electron chi connectivity index (χ1n) is 12.0. The second-order valence-electron chi connectivity index (χ2n) is 9.70. The molecule has 36 heavy (non-hydrogen) atoms. The van der Waals surface area contributed by atoms with Crippen molar-refractivity contribution in [3.05, 3.63) is 59.7 Å². The molecule has 5 rings (SSSR count). The van der Waals surface area contributed by atoms with Gasteiger partial charge in [0.15, 0.2) is 11.6 Å². The van der Waals surface area contributed by atoms with E-state index in [4.69, 9.17) is 0 Å². The van der Waals surface area contributed by atoms with Crippen molar-refractivity contribution in [3.8, 4) is 11.3 Å². The Labute approximate surface area is 208 Å². The molecule has 8 nitrogen and oxygen atoms in total. The lowest BCUT2D eigenvalue weighted by Gasteiger charge is -2.18.